The Bertz CT molecular complexity index is 980. The van der Waals surface area contributed by atoms with Crippen LogP contribution in [0.1, 0.15) is 37.2 Å². The highest BCUT2D eigenvalue weighted by Gasteiger charge is 2.20. The van der Waals surface area contributed by atoms with E-state index in [-0.39, 0.29) is 37.2 Å². The van der Waals surface area contributed by atoms with E-state index in [2.05, 4.69) is 10.3 Å². The minimum absolute atomic E-state index is 0. The van der Waals surface area contributed by atoms with Crippen molar-refractivity contribution in [1.82, 2.24) is 15.0 Å². The molecule has 168 valence electrons. The molecule has 2 aromatic heterocycles. The number of nitrogens with zero attached hydrogens (tertiary/aromatic N) is 3. The Morgan fingerprint density at radius 3 is 2.45 bits per heavy atom. The number of fused-ring (bicyclic) bond motifs is 1. The van der Waals surface area contributed by atoms with Gasteiger partial charge in [0.15, 0.2) is 5.82 Å². The Labute approximate surface area is 201 Å². The third-order valence-corrected chi connectivity index (χ3v) is 5.12. The van der Waals surface area contributed by atoms with Crippen molar-refractivity contribution in [3.05, 3.63) is 54.1 Å². The van der Waals surface area contributed by atoms with Crippen molar-refractivity contribution < 1.29 is 4.74 Å². The van der Waals surface area contributed by atoms with Gasteiger partial charge in [-0.1, -0.05) is 6.07 Å². The van der Waals surface area contributed by atoms with Crippen LogP contribution < -0.4 is 15.8 Å². The predicted octanol–water partition coefficient (Wildman–Crippen LogP) is 5.15. The Balaban J connectivity index is 0.00000160. The van der Waals surface area contributed by atoms with Gasteiger partial charge in [-0.25, -0.2) is 9.97 Å². The van der Waals surface area contributed by atoms with Crippen LogP contribution >= 0.6 is 37.2 Å². The van der Waals surface area contributed by atoms with Crippen molar-refractivity contribution >= 4 is 66.1 Å². The van der Waals surface area contributed by atoms with Crippen LogP contribution in [0.5, 0.6) is 5.75 Å². The molecule has 0 atom stereocenters. The molecule has 4 rings (SSSR count). The molecule has 0 radical (unpaired) electrons. The maximum Gasteiger partial charge on any atom is 0.155 e. The predicted molar refractivity (Wildman–Crippen MR) is 135 cm³/mol. The molecule has 6 nitrogen and oxygen atoms in total. The second kappa shape index (κ2) is 12.7. The zero-order valence-corrected chi connectivity index (χ0v) is 19.7. The summed E-state index contributed by atoms with van der Waals surface area (Å²) in [5.74, 6) is 2.28. The van der Waals surface area contributed by atoms with Crippen LogP contribution in [0.3, 0.4) is 0 Å². The van der Waals surface area contributed by atoms with E-state index >= 15 is 0 Å². The summed E-state index contributed by atoms with van der Waals surface area (Å²) in [5.41, 5.74) is 7.81. The molecule has 0 aliphatic heterocycles. The third kappa shape index (κ3) is 6.94. The lowest BCUT2D eigenvalue weighted by atomic mass is 9.92. The highest BCUT2D eigenvalue weighted by Crippen LogP contribution is 2.28. The first-order valence-electron chi connectivity index (χ1n) is 9.68. The minimum atomic E-state index is 0. The van der Waals surface area contributed by atoms with E-state index in [1.165, 1.54) is 0 Å². The fraction of sp³-hybridized carbons (Fsp3) is 0.318. The molecule has 1 fully saturated rings. The van der Waals surface area contributed by atoms with Crippen LogP contribution in [0.25, 0.3) is 23.1 Å². The Kier molecular flexibility index (Phi) is 11.0. The number of rotatable bonds is 5. The summed E-state index contributed by atoms with van der Waals surface area (Å²) >= 11 is 0. The molecule has 0 unspecified atom stereocenters. The molecule has 0 bridgehead atoms. The molecular formula is C22H28Cl3N5O. The van der Waals surface area contributed by atoms with Crippen LogP contribution in [0.15, 0.2) is 42.6 Å². The largest absolute Gasteiger partial charge is 0.497 e. The summed E-state index contributed by atoms with van der Waals surface area (Å²) in [6, 6.07) is 12.4. The Hall–Kier alpha value is -2.12. The van der Waals surface area contributed by atoms with Crippen LogP contribution in [-0.4, -0.2) is 34.1 Å². The van der Waals surface area contributed by atoms with Gasteiger partial charge in [-0.15, -0.1) is 37.2 Å². The molecule has 1 aliphatic carbocycles. The molecule has 0 saturated heterocycles. The Morgan fingerprint density at radius 1 is 1.00 bits per heavy atom. The molecule has 2 heterocycles. The zero-order valence-electron chi connectivity index (χ0n) is 17.2. The fourth-order valence-electron chi connectivity index (χ4n) is 3.53. The van der Waals surface area contributed by atoms with Gasteiger partial charge in [0.1, 0.15) is 11.6 Å². The fourth-order valence-corrected chi connectivity index (χ4v) is 3.53. The molecule has 31 heavy (non-hydrogen) atoms. The van der Waals surface area contributed by atoms with E-state index in [0.717, 1.165) is 53.8 Å². The van der Waals surface area contributed by atoms with Crippen LogP contribution in [0.4, 0.5) is 5.82 Å². The summed E-state index contributed by atoms with van der Waals surface area (Å²) in [6.45, 7) is 0. The topological polar surface area (TPSA) is 86.0 Å². The quantitative estimate of drug-likeness (QED) is 0.521. The molecule has 1 aliphatic rings. The SMILES string of the molecule is COc1ccc2nc(C=Cc3ccccn3)nc(NC3CCC(N)CC3)c2c1.Cl.Cl.Cl. The lowest BCUT2D eigenvalue weighted by Crippen LogP contribution is -2.33. The van der Waals surface area contributed by atoms with Crippen molar-refractivity contribution in [2.45, 2.75) is 37.8 Å². The first kappa shape index (κ1) is 26.9. The molecule has 9 heteroatoms. The second-order valence-corrected chi connectivity index (χ2v) is 7.16. The standard InChI is InChI=1S/C22H25N5O.3ClH/c1-28-18-10-11-20-19(14-18)22(25-17-7-5-15(23)6-8-17)27-21(26-20)12-9-16-4-2-3-13-24-16;;;/h2-4,9-15,17H,5-8,23H2,1H3,(H,25,26,27);3*1H. The second-order valence-electron chi connectivity index (χ2n) is 7.16. The molecule has 0 amide bonds. The number of halogens is 3. The minimum Gasteiger partial charge on any atom is -0.497 e. The van der Waals surface area contributed by atoms with Gasteiger partial charge in [0.2, 0.25) is 0 Å². The molecule has 1 aromatic carbocycles. The summed E-state index contributed by atoms with van der Waals surface area (Å²) in [7, 11) is 1.67. The lowest BCUT2D eigenvalue weighted by molar-refractivity contribution is 0.410. The number of nitrogens with two attached hydrogens (primary N) is 1. The molecule has 3 N–H and O–H groups in total. The van der Waals surface area contributed by atoms with Gasteiger partial charge >= 0.3 is 0 Å². The van der Waals surface area contributed by atoms with Gasteiger partial charge in [-0.05, 0) is 68.2 Å². The maximum absolute atomic E-state index is 6.05. The number of benzene rings is 1. The van der Waals surface area contributed by atoms with Gasteiger partial charge in [0.25, 0.3) is 0 Å². The van der Waals surface area contributed by atoms with Gasteiger partial charge < -0.3 is 15.8 Å². The number of anilines is 1. The normalized spacial score (nSPS) is 17.9. The molecule has 1 saturated carbocycles. The first-order valence-corrected chi connectivity index (χ1v) is 9.68. The van der Waals surface area contributed by atoms with Gasteiger partial charge in [-0.2, -0.15) is 0 Å². The monoisotopic (exact) mass is 483 g/mol. The summed E-state index contributed by atoms with van der Waals surface area (Å²) in [5, 5.41) is 4.58. The van der Waals surface area contributed by atoms with Crippen LogP contribution in [-0.2, 0) is 0 Å². The van der Waals surface area contributed by atoms with Crippen LogP contribution in [0, 0.1) is 0 Å². The molecule has 0 spiro atoms. The van der Waals surface area contributed by atoms with Crippen molar-refractivity contribution in [3.8, 4) is 5.75 Å². The molecular weight excluding hydrogens is 457 g/mol. The average Bonchev–Trinajstić information content (AvgIpc) is 2.74. The lowest BCUT2D eigenvalue weighted by Gasteiger charge is -2.27. The van der Waals surface area contributed by atoms with E-state index in [1.807, 2.05) is 48.6 Å². The van der Waals surface area contributed by atoms with Crippen molar-refractivity contribution in [1.29, 1.82) is 0 Å². The van der Waals surface area contributed by atoms with Crippen molar-refractivity contribution in [3.63, 3.8) is 0 Å². The number of pyridine rings is 1. The van der Waals surface area contributed by atoms with E-state index < -0.39 is 0 Å². The maximum atomic E-state index is 6.05. The zero-order chi connectivity index (χ0) is 19.3. The number of hydrogen-bond donors (Lipinski definition) is 2. The highest BCUT2D eigenvalue weighted by molar-refractivity contribution is 5.91. The van der Waals surface area contributed by atoms with Gasteiger partial charge in [-0.3, -0.25) is 4.98 Å². The van der Waals surface area contributed by atoms with Crippen molar-refractivity contribution in [2.24, 2.45) is 5.73 Å². The number of ether oxygens (including phenoxy) is 1. The number of methoxy groups -OCH3 is 1. The van der Waals surface area contributed by atoms with Gasteiger partial charge in [0, 0.05) is 23.7 Å². The first-order chi connectivity index (χ1) is 13.7. The van der Waals surface area contributed by atoms with E-state index in [9.17, 15) is 0 Å². The summed E-state index contributed by atoms with van der Waals surface area (Å²) < 4.78 is 5.39. The Morgan fingerprint density at radius 2 is 1.77 bits per heavy atom. The van der Waals surface area contributed by atoms with Crippen molar-refractivity contribution in [2.75, 3.05) is 12.4 Å². The van der Waals surface area contributed by atoms with E-state index in [4.69, 9.17) is 20.4 Å². The van der Waals surface area contributed by atoms with E-state index in [0.29, 0.717) is 17.9 Å². The van der Waals surface area contributed by atoms with Gasteiger partial charge in [0.05, 0.1) is 18.3 Å². The number of nitrogens with one attached hydrogen (secondary N) is 1. The van der Waals surface area contributed by atoms with Crippen LogP contribution in [0.2, 0.25) is 0 Å². The highest BCUT2D eigenvalue weighted by atomic mass is 35.5. The number of hydrogen-bond acceptors (Lipinski definition) is 6. The smallest absolute Gasteiger partial charge is 0.155 e. The summed E-state index contributed by atoms with van der Waals surface area (Å²) in [4.78, 5) is 13.8. The molecule has 3 aromatic rings. The third-order valence-electron chi connectivity index (χ3n) is 5.12. The van der Waals surface area contributed by atoms with E-state index in [1.54, 1.807) is 13.3 Å². The summed E-state index contributed by atoms with van der Waals surface area (Å²) in [6.07, 6.45) is 9.77. The average molecular weight is 485 g/mol. The number of aromatic nitrogens is 3.